The van der Waals surface area contributed by atoms with Crippen LogP contribution in [-0.4, -0.2) is 4.98 Å². The fraction of sp³-hybridized carbons (Fsp3) is 0. The highest BCUT2D eigenvalue weighted by atomic mass is 35.5. The molecular formula is C19H12ClNO. The maximum atomic E-state index is 6.31. The molecule has 1 aromatic heterocycles. The molecule has 3 aromatic carbocycles. The minimum Gasteiger partial charge on any atom is -0.456 e. The first-order valence-corrected chi connectivity index (χ1v) is 7.40. The van der Waals surface area contributed by atoms with Gasteiger partial charge in [0.2, 0.25) is 0 Å². The highest BCUT2D eigenvalue weighted by Gasteiger charge is 2.12. The molecule has 0 aliphatic rings. The van der Waals surface area contributed by atoms with E-state index in [1.165, 1.54) is 0 Å². The van der Waals surface area contributed by atoms with Crippen LogP contribution in [0.15, 0.2) is 72.8 Å². The van der Waals surface area contributed by atoms with Gasteiger partial charge in [-0.1, -0.05) is 48.0 Å². The van der Waals surface area contributed by atoms with Gasteiger partial charge < -0.3 is 4.74 Å². The number of para-hydroxylation sites is 3. The Kier molecular flexibility index (Phi) is 3.17. The van der Waals surface area contributed by atoms with Crippen LogP contribution in [0.1, 0.15) is 0 Å². The number of rotatable bonds is 2. The minimum absolute atomic E-state index is 0.626. The van der Waals surface area contributed by atoms with E-state index in [4.69, 9.17) is 16.3 Å². The van der Waals surface area contributed by atoms with Gasteiger partial charge in [0.1, 0.15) is 11.5 Å². The number of pyridine rings is 1. The molecule has 0 unspecified atom stereocenters. The van der Waals surface area contributed by atoms with Gasteiger partial charge in [0.15, 0.2) is 0 Å². The normalized spacial score (nSPS) is 11.0. The summed E-state index contributed by atoms with van der Waals surface area (Å²) in [6, 6.07) is 23.4. The van der Waals surface area contributed by atoms with E-state index >= 15 is 0 Å². The SMILES string of the molecule is Clc1cccc2c(Oc3ccccc3)c3ccccc3nc12. The Bertz CT molecular complexity index is 967. The van der Waals surface area contributed by atoms with Gasteiger partial charge in [0.05, 0.1) is 16.1 Å². The van der Waals surface area contributed by atoms with E-state index in [1.54, 1.807) is 0 Å². The maximum Gasteiger partial charge on any atom is 0.146 e. The molecule has 0 saturated carbocycles. The molecule has 3 heteroatoms. The van der Waals surface area contributed by atoms with Crippen molar-refractivity contribution in [1.82, 2.24) is 4.98 Å². The summed E-state index contributed by atoms with van der Waals surface area (Å²) in [4.78, 5) is 4.67. The first-order chi connectivity index (χ1) is 10.8. The molecule has 0 N–H and O–H groups in total. The molecule has 0 radical (unpaired) electrons. The van der Waals surface area contributed by atoms with Crippen LogP contribution in [0.5, 0.6) is 11.5 Å². The Morgan fingerprint density at radius 2 is 1.45 bits per heavy atom. The lowest BCUT2D eigenvalue weighted by Gasteiger charge is -2.12. The summed E-state index contributed by atoms with van der Waals surface area (Å²) in [7, 11) is 0. The summed E-state index contributed by atoms with van der Waals surface area (Å²) >= 11 is 6.31. The summed E-state index contributed by atoms with van der Waals surface area (Å²) in [6.07, 6.45) is 0. The van der Waals surface area contributed by atoms with Crippen LogP contribution in [0.2, 0.25) is 5.02 Å². The quantitative estimate of drug-likeness (QED) is 0.434. The second-order valence-corrected chi connectivity index (χ2v) is 5.42. The number of aromatic nitrogens is 1. The molecule has 22 heavy (non-hydrogen) atoms. The monoisotopic (exact) mass is 305 g/mol. The molecule has 0 bridgehead atoms. The molecule has 0 aliphatic carbocycles. The van der Waals surface area contributed by atoms with Crippen LogP contribution in [0.3, 0.4) is 0 Å². The van der Waals surface area contributed by atoms with Crippen LogP contribution < -0.4 is 4.74 Å². The van der Waals surface area contributed by atoms with Gasteiger partial charge in [-0.2, -0.15) is 0 Å². The lowest BCUT2D eigenvalue weighted by molar-refractivity contribution is 0.493. The number of benzene rings is 3. The van der Waals surface area contributed by atoms with Crippen LogP contribution in [0.25, 0.3) is 21.8 Å². The topological polar surface area (TPSA) is 22.1 Å². The first-order valence-electron chi connectivity index (χ1n) is 7.03. The fourth-order valence-corrected chi connectivity index (χ4v) is 2.77. The molecule has 0 spiro atoms. The van der Waals surface area contributed by atoms with E-state index in [2.05, 4.69) is 4.98 Å². The predicted molar refractivity (Wildman–Crippen MR) is 90.8 cm³/mol. The molecule has 0 atom stereocenters. The van der Waals surface area contributed by atoms with Crippen molar-refractivity contribution in [2.45, 2.75) is 0 Å². The third-order valence-electron chi connectivity index (χ3n) is 3.58. The van der Waals surface area contributed by atoms with Crippen molar-refractivity contribution in [3.8, 4) is 11.5 Å². The summed E-state index contributed by atoms with van der Waals surface area (Å²) in [5.74, 6) is 1.58. The molecule has 2 nitrogen and oxygen atoms in total. The van der Waals surface area contributed by atoms with Crippen LogP contribution in [0, 0.1) is 0 Å². The minimum atomic E-state index is 0.626. The predicted octanol–water partition coefficient (Wildman–Crippen LogP) is 5.83. The number of nitrogens with zero attached hydrogens (tertiary/aromatic N) is 1. The third-order valence-corrected chi connectivity index (χ3v) is 3.88. The van der Waals surface area contributed by atoms with Crippen LogP contribution in [-0.2, 0) is 0 Å². The second-order valence-electron chi connectivity index (χ2n) is 5.01. The zero-order chi connectivity index (χ0) is 14.9. The molecule has 4 rings (SSSR count). The Labute approximate surface area is 132 Å². The van der Waals surface area contributed by atoms with Crippen molar-refractivity contribution in [2.24, 2.45) is 0 Å². The van der Waals surface area contributed by atoms with Gasteiger partial charge in [-0.3, -0.25) is 0 Å². The van der Waals surface area contributed by atoms with Gasteiger partial charge in [0, 0.05) is 10.8 Å². The number of hydrogen-bond acceptors (Lipinski definition) is 2. The largest absolute Gasteiger partial charge is 0.456 e. The van der Waals surface area contributed by atoms with Gasteiger partial charge in [-0.05, 0) is 36.4 Å². The molecule has 1 heterocycles. The Morgan fingerprint density at radius 3 is 2.32 bits per heavy atom. The number of halogens is 1. The average molecular weight is 306 g/mol. The van der Waals surface area contributed by atoms with E-state index in [0.29, 0.717) is 5.02 Å². The molecule has 0 fully saturated rings. The highest BCUT2D eigenvalue weighted by molar-refractivity contribution is 6.35. The van der Waals surface area contributed by atoms with Gasteiger partial charge in [0.25, 0.3) is 0 Å². The van der Waals surface area contributed by atoms with E-state index in [9.17, 15) is 0 Å². The smallest absolute Gasteiger partial charge is 0.146 e. The zero-order valence-electron chi connectivity index (χ0n) is 11.7. The van der Waals surface area contributed by atoms with E-state index in [0.717, 1.165) is 33.3 Å². The number of ether oxygens (including phenoxy) is 1. The summed E-state index contributed by atoms with van der Waals surface area (Å²) in [6.45, 7) is 0. The Balaban J connectivity index is 2.05. The third kappa shape index (κ3) is 2.18. The Hall–Kier alpha value is -2.58. The maximum absolute atomic E-state index is 6.31. The van der Waals surface area contributed by atoms with Crippen molar-refractivity contribution >= 4 is 33.4 Å². The first kappa shape index (κ1) is 13.1. The van der Waals surface area contributed by atoms with Crippen molar-refractivity contribution < 1.29 is 4.74 Å². The van der Waals surface area contributed by atoms with Crippen molar-refractivity contribution in [3.05, 3.63) is 77.8 Å². The van der Waals surface area contributed by atoms with Gasteiger partial charge >= 0.3 is 0 Å². The zero-order valence-corrected chi connectivity index (χ0v) is 12.4. The molecule has 106 valence electrons. The fourth-order valence-electron chi connectivity index (χ4n) is 2.56. The number of hydrogen-bond donors (Lipinski definition) is 0. The molecule has 0 saturated heterocycles. The number of fused-ring (bicyclic) bond motifs is 2. The molecular weight excluding hydrogens is 294 g/mol. The standard InChI is InChI=1S/C19H12ClNO/c20-16-11-6-10-15-18(16)21-17-12-5-4-9-14(17)19(15)22-13-7-2-1-3-8-13/h1-12H. The summed E-state index contributed by atoms with van der Waals surface area (Å²) in [5, 5.41) is 2.51. The lowest BCUT2D eigenvalue weighted by Crippen LogP contribution is -1.91. The van der Waals surface area contributed by atoms with Crippen LogP contribution in [0.4, 0.5) is 0 Å². The molecule has 0 amide bonds. The highest BCUT2D eigenvalue weighted by Crippen LogP contribution is 2.38. The van der Waals surface area contributed by atoms with Crippen molar-refractivity contribution in [1.29, 1.82) is 0 Å². The van der Waals surface area contributed by atoms with E-state index in [-0.39, 0.29) is 0 Å². The average Bonchev–Trinajstić information content (AvgIpc) is 2.57. The summed E-state index contributed by atoms with van der Waals surface area (Å²) < 4.78 is 6.16. The lowest BCUT2D eigenvalue weighted by atomic mass is 10.1. The molecule has 0 aliphatic heterocycles. The van der Waals surface area contributed by atoms with Gasteiger partial charge in [-0.15, -0.1) is 0 Å². The van der Waals surface area contributed by atoms with E-state index < -0.39 is 0 Å². The molecule has 4 aromatic rings. The Morgan fingerprint density at radius 1 is 0.727 bits per heavy atom. The van der Waals surface area contributed by atoms with Gasteiger partial charge in [-0.25, -0.2) is 4.98 Å². The summed E-state index contributed by atoms with van der Waals surface area (Å²) in [5.41, 5.74) is 1.63. The second kappa shape index (κ2) is 5.32. The van der Waals surface area contributed by atoms with Crippen LogP contribution >= 0.6 is 11.6 Å². The van der Waals surface area contributed by atoms with Crippen molar-refractivity contribution in [2.75, 3.05) is 0 Å². The van der Waals surface area contributed by atoms with Crippen molar-refractivity contribution in [3.63, 3.8) is 0 Å². The van der Waals surface area contributed by atoms with E-state index in [1.807, 2.05) is 72.8 Å².